The van der Waals surface area contributed by atoms with Gasteiger partial charge in [-0.15, -0.1) is 11.3 Å². The number of rotatable bonds is 6. The maximum atomic E-state index is 13.2. The molecule has 1 N–H and O–H groups in total. The quantitative estimate of drug-likeness (QED) is 0.616. The molecule has 0 unspecified atom stereocenters. The minimum atomic E-state index is -0.354. The first-order chi connectivity index (χ1) is 15.1. The average molecular weight is 434 g/mol. The van der Waals surface area contributed by atoms with Gasteiger partial charge in [-0.3, -0.25) is 9.59 Å². The molecular weight excluding hydrogens is 406 g/mol. The lowest BCUT2D eigenvalue weighted by Gasteiger charge is -2.31. The molecule has 0 saturated carbocycles. The number of carbonyl (C=O) groups excluding carboxylic acids is 2. The molecule has 2 amide bonds. The van der Waals surface area contributed by atoms with E-state index in [1.807, 2.05) is 22.5 Å². The Morgan fingerprint density at radius 2 is 2.10 bits per heavy atom. The molecule has 6 heteroatoms. The zero-order valence-electron chi connectivity index (χ0n) is 17.5. The monoisotopic (exact) mass is 433 g/mol. The van der Waals surface area contributed by atoms with Crippen molar-refractivity contribution in [3.63, 3.8) is 0 Å². The van der Waals surface area contributed by atoms with Gasteiger partial charge in [0, 0.05) is 36.5 Å². The van der Waals surface area contributed by atoms with E-state index in [1.165, 1.54) is 16.3 Å². The highest BCUT2D eigenvalue weighted by Crippen LogP contribution is 2.36. The Morgan fingerprint density at radius 1 is 1.23 bits per heavy atom. The third-order valence-corrected chi connectivity index (χ3v) is 7.65. The molecule has 0 radical (unpaired) electrons. The van der Waals surface area contributed by atoms with Crippen LogP contribution in [0.5, 0.6) is 0 Å². The number of thiazole rings is 1. The van der Waals surface area contributed by atoms with Crippen molar-refractivity contribution in [2.24, 2.45) is 0 Å². The van der Waals surface area contributed by atoms with Crippen molar-refractivity contribution < 1.29 is 9.59 Å². The lowest BCUT2D eigenvalue weighted by atomic mass is 9.83. The van der Waals surface area contributed by atoms with Crippen LogP contribution in [0, 0.1) is 0 Å². The van der Waals surface area contributed by atoms with Gasteiger partial charge in [-0.1, -0.05) is 42.5 Å². The topological polar surface area (TPSA) is 62.3 Å². The van der Waals surface area contributed by atoms with Gasteiger partial charge < -0.3 is 10.2 Å². The maximum absolute atomic E-state index is 13.2. The Labute approximate surface area is 186 Å². The van der Waals surface area contributed by atoms with Crippen molar-refractivity contribution in [3.8, 4) is 0 Å². The van der Waals surface area contributed by atoms with E-state index in [0.29, 0.717) is 19.3 Å². The Morgan fingerprint density at radius 3 is 2.90 bits per heavy atom. The number of carbonyl (C=O) groups is 2. The molecule has 2 aliphatic rings. The van der Waals surface area contributed by atoms with Gasteiger partial charge in [0.15, 0.2) is 0 Å². The van der Waals surface area contributed by atoms with E-state index < -0.39 is 0 Å². The molecule has 160 valence electrons. The van der Waals surface area contributed by atoms with Crippen LogP contribution in [-0.4, -0.2) is 33.8 Å². The van der Waals surface area contributed by atoms with Gasteiger partial charge >= 0.3 is 0 Å². The van der Waals surface area contributed by atoms with Crippen molar-refractivity contribution in [2.45, 2.75) is 56.5 Å². The van der Waals surface area contributed by atoms with Gasteiger partial charge in [0.2, 0.25) is 11.8 Å². The number of hydrogen-bond acceptors (Lipinski definition) is 4. The smallest absolute Gasteiger partial charge is 0.223 e. The second-order valence-corrected chi connectivity index (χ2v) is 9.69. The van der Waals surface area contributed by atoms with Gasteiger partial charge in [-0.2, -0.15) is 0 Å². The van der Waals surface area contributed by atoms with Crippen molar-refractivity contribution in [2.75, 3.05) is 6.54 Å². The number of benzene rings is 2. The van der Waals surface area contributed by atoms with Gasteiger partial charge in [0.05, 0.1) is 6.04 Å². The molecule has 5 rings (SSSR count). The third-order valence-electron chi connectivity index (χ3n) is 6.77. The van der Waals surface area contributed by atoms with Crippen LogP contribution in [0.4, 0.5) is 0 Å². The molecule has 0 aliphatic carbocycles. The van der Waals surface area contributed by atoms with E-state index in [1.54, 1.807) is 11.3 Å². The van der Waals surface area contributed by atoms with E-state index in [9.17, 15) is 9.59 Å². The van der Waals surface area contributed by atoms with Gasteiger partial charge in [0.25, 0.3) is 0 Å². The molecule has 2 aromatic carbocycles. The fourth-order valence-corrected chi connectivity index (χ4v) is 5.99. The lowest BCUT2D eigenvalue weighted by Crippen LogP contribution is -2.45. The molecule has 2 atom stereocenters. The van der Waals surface area contributed by atoms with Crippen LogP contribution in [-0.2, 0) is 16.0 Å². The predicted molar refractivity (Wildman–Crippen MR) is 123 cm³/mol. The van der Waals surface area contributed by atoms with E-state index in [4.69, 9.17) is 0 Å². The number of fused-ring (bicyclic) bond motifs is 1. The van der Waals surface area contributed by atoms with Crippen molar-refractivity contribution in [3.05, 3.63) is 64.6 Å². The first kappa shape index (κ1) is 20.2. The second-order valence-electron chi connectivity index (χ2n) is 8.76. The highest BCUT2D eigenvalue weighted by Gasteiger charge is 2.39. The minimum absolute atomic E-state index is 0.0921. The fourth-order valence-electron chi connectivity index (χ4n) is 5.20. The Kier molecular flexibility index (Phi) is 5.48. The van der Waals surface area contributed by atoms with Gasteiger partial charge in [-0.05, 0) is 48.4 Å². The molecular formula is C25H27N3O2S. The summed E-state index contributed by atoms with van der Waals surface area (Å²) in [6, 6.07) is 14.8. The molecule has 1 aromatic heterocycles. The number of nitrogens with zero attached hydrogens (tertiary/aromatic N) is 2. The number of amides is 2. The Balaban J connectivity index is 1.33. The van der Waals surface area contributed by atoms with Crippen molar-refractivity contribution >= 4 is 33.9 Å². The SMILES string of the molecule is O=C1CC[C@@](CCC(=O)N2CCC[C@@H]2c2nccs2)(Cc2cccc3ccccc23)N1. The van der Waals surface area contributed by atoms with E-state index in [0.717, 1.165) is 37.2 Å². The van der Waals surface area contributed by atoms with E-state index in [-0.39, 0.29) is 23.4 Å². The molecule has 2 aliphatic heterocycles. The van der Waals surface area contributed by atoms with Crippen molar-refractivity contribution in [1.82, 2.24) is 15.2 Å². The summed E-state index contributed by atoms with van der Waals surface area (Å²) in [7, 11) is 0. The van der Waals surface area contributed by atoms with Crippen LogP contribution in [0.2, 0.25) is 0 Å². The van der Waals surface area contributed by atoms with Crippen LogP contribution in [0.15, 0.2) is 54.0 Å². The number of likely N-dealkylation sites (tertiary alicyclic amines) is 1. The normalized spacial score (nSPS) is 23.4. The zero-order chi connectivity index (χ0) is 21.3. The zero-order valence-corrected chi connectivity index (χ0v) is 18.4. The predicted octanol–water partition coefficient (Wildman–Crippen LogP) is 4.63. The van der Waals surface area contributed by atoms with Gasteiger partial charge in [-0.25, -0.2) is 4.98 Å². The summed E-state index contributed by atoms with van der Waals surface area (Å²) in [5.74, 6) is 0.269. The summed E-state index contributed by atoms with van der Waals surface area (Å²) < 4.78 is 0. The minimum Gasteiger partial charge on any atom is -0.350 e. The summed E-state index contributed by atoms with van der Waals surface area (Å²) in [6.07, 6.45) is 7.00. The summed E-state index contributed by atoms with van der Waals surface area (Å²) in [5, 5.41) is 8.68. The molecule has 31 heavy (non-hydrogen) atoms. The van der Waals surface area contributed by atoms with E-state index in [2.05, 4.69) is 46.7 Å². The Hall–Kier alpha value is -2.73. The second kappa shape index (κ2) is 8.42. The van der Waals surface area contributed by atoms with Crippen LogP contribution in [0.25, 0.3) is 10.8 Å². The first-order valence-electron chi connectivity index (χ1n) is 11.1. The largest absolute Gasteiger partial charge is 0.350 e. The first-order valence-corrected chi connectivity index (χ1v) is 12.0. The molecule has 0 bridgehead atoms. The molecule has 5 nitrogen and oxygen atoms in total. The van der Waals surface area contributed by atoms with E-state index >= 15 is 0 Å². The van der Waals surface area contributed by atoms with Crippen LogP contribution >= 0.6 is 11.3 Å². The number of aromatic nitrogens is 1. The standard InChI is InChI=1S/C25H27N3O2S/c29-22-10-12-25(27-22,17-19-7-3-6-18-5-1-2-8-20(18)19)13-11-23(30)28-15-4-9-21(28)24-26-14-16-31-24/h1-3,5-8,14,16,21H,4,9-13,15,17H2,(H,27,29)/t21-,25-/m1/s1. The highest BCUT2D eigenvalue weighted by atomic mass is 32.1. The summed E-state index contributed by atoms with van der Waals surface area (Å²) in [4.78, 5) is 31.8. The Bertz CT molecular complexity index is 1090. The average Bonchev–Trinajstić information content (AvgIpc) is 3.54. The molecule has 3 aromatic rings. The lowest BCUT2D eigenvalue weighted by molar-refractivity contribution is -0.132. The van der Waals surface area contributed by atoms with Crippen LogP contribution in [0.3, 0.4) is 0 Å². The maximum Gasteiger partial charge on any atom is 0.223 e. The summed E-state index contributed by atoms with van der Waals surface area (Å²) in [5.41, 5.74) is 0.877. The van der Waals surface area contributed by atoms with Gasteiger partial charge in [0.1, 0.15) is 5.01 Å². The molecule has 3 heterocycles. The molecule has 2 saturated heterocycles. The highest BCUT2D eigenvalue weighted by molar-refractivity contribution is 7.09. The summed E-state index contributed by atoms with van der Waals surface area (Å²) >= 11 is 1.63. The van der Waals surface area contributed by atoms with Crippen LogP contribution in [0.1, 0.15) is 55.1 Å². The fraction of sp³-hybridized carbons (Fsp3) is 0.400. The molecule has 0 spiro atoms. The van der Waals surface area contributed by atoms with Crippen molar-refractivity contribution in [1.29, 1.82) is 0 Å². The number of nitrogens with one attached hydrogen (secondary N) is 1. The number of hydrogen-bond donors (Lipinski definition) is 1. The van der Waals surface area contributed by atoms with Crippen LogP contribution < -0.4 is 5.32 Å². The molecule has 2 fully saturated rings. The third kappa shape index (κ3) is 4.09. The summed E-state index contributed by atoms with van der Waals surface area (Å²) in [6.45, 7) is 0.797.